The van der Waals surface area contributed by atoms with Crippen LogP contribution in [0.1, 0.15) is 48.3 Å². The summed E-state index contributed by atoms with van der Waals surface area (Å²) >= 11 is 0. The molecule has 0 atom stereocenters. The van der Waals surface area contributed by atoms with Gasteiger partial charge in [-0.15, -0.1) is 0 Å². The van der Waals surface area contributed by atoms with Crippen molar-refractivity contribution in [3.8, 4) is 0 Å². The molecule has 80 valence electrons. The van der Waals surface area contributed by atoms with Crippen LogP contribution >= 0.6 is 0 Å². The minimum Gasteiger partial charge on any atom is -0.292 e. The highest BCUT2D eigenvalue weighted by Gasteiger charge is 2.19. The number of carbonyl (C=O) groups is 1. The zero-order valence-electron chi connectivity index (χ0n) is 9.07. The highest BCUT2D eigenvalue weighted by atomic mass is 16.1. The van der Waals surface area contributed by atoms with Gasteiger partial charge in [0.05, 0.1) is 11.9 Å². The van der Waals surface area contributed by atoms with Crippen LogP contribution in [0.5, 0.6) is 0 Å². The van der Waals surface area contributed by atoms with E-state index in [4.69, 9.17) is 0 Å². The van der Waals surface area contributed by atoms with Crippen LogP contribution in [0.2, 0.25) is 0 Å². The average Bonchev–Trinajstić information content (AvgIpc) is 2.71. The van der Waals surface area contributed by atoms with Gasteiger partial charge < -0.3 is 0 Å². The normalized spacial score (nSPS) is 16.9. The molecule has 0 unspecified atom stereocenters. The number of hydrogen-bond donors (Lipinski definition) is 0. The number of ketones is 1. The topological polar surface area (TPSA) is 42.9 Å². The number of rotatable bonds is 3. The molecule has 0 bridgehead atoms. The molecule has 1 aromatic rings. The molecule has 0 aliphatic heterocycles. The van der Waals surface area contributed by atoms with Gasteiger partial charge in [0, 0.05) is 12.6 Å². The zero-order valence-corrected chi connectivity index (χ0v) is 9.07. The van der Waals surface area contributed by atoms with Gasteiger partial charge in [-0.2, -0.15) is 0 Å². The fourth-order valence-corrected chi connectivity index (χ4v) is 2.12. The number of hydrogen-bond acceptors (Lipinski definition) is 3. The molecular formula is C12H16N2O. The van der Waals surface area contributed by atoms with Gasteiger partial charge in [-0.25, -0.2) is 4.98 Å². The van der Waals surface area contributed by atoms with E-state index in [0.717, 1.165) is 5.69 Å². The Morgan fingerprint density at radius 1 is 1.33 bits per heavy atom. The van der Waals surface area contributed by atoms with E-state index in [1.807, 2.05) is 6.92 Å². The lowest BCUT2D eigenvalue weighted by Gasteiger charge is -2.06. The summed E-state index contributed by atoms with van der Waals surface area (Å²) in [6, 6.07) is 0. The summed E-state index contributed by atoms with van der Waals surface area (Å²) in [6.45, 7) is 1.87. The lowest BCUT2D eigenvalue weighted by molar-refractivity contribution is 0.0957. The van der Waals surface area contributed by atoms with E-state index in [2.05, 4.69) is 9.97 Å². The maximum absolute atomic E-state index is 11.8. The SMILES string of the molecule is Cc1cnc(C(=O)CC2CCCC2)cn1. The third-order valence-corrected chi connectivity index (χ3v) is 3.02. The Bertz CT molecular complexity index is 339. The van der Waals surface area contributed by atoms with Crippen molar-refractivity contribution < 1.29 is 4.79 Å². The van der Waals surface area contributed by atoms with Crippen molar-refractivity contribution >= 4 is 5.78 Å². The van der Waals surface area contributed by atoms with E-state index in [1.54, 1.807) is 12.4 Å². The van der Waals surface area contributed by atoms with E-state index in [0.29, 0.717) is 18.0 Å². The molecule has 1 saturated carbocycles. The lowest BCUT2D eigenvalue weighted by Crippen LogP contribution is -2.08. The quantitative estimate of drug-likeness (QED) is 0.710. The van der Waals surface area contributed by atoms with Crippen LogP contribution in [0.25, 0.3) is 0 Å². The standard InChI is InChI=1S/C12H16N2O/c1-9-7-14-11(8-13-9)12(15)6-10-4-2-3-5-10/h7-8,10H,2-6H2,1H3. The fraction of sp³-hybridized carbons (Fsp3) is 0.583. The average molecular weight is 204 g/mol. The summed E-state index contributed by atoms with van der Waals surface area (Å²) in [7, 11) is 0. The maximum Gasteiger partial charge on any atom is 0.183 e. The fourth-order valence-electron chi connectivity index (χ4n) is 2.12. The molecule has 15 heavy (non-hydrogen) atoms. The third-order valence-electron chi connectivity index (χ3n) is 3.02. The second-order valence-corrected chi connectivity index (χ2v) is 4.32. The summed E-state index contributed by atoms with van der Waals surface area (Å²) in [5.74, 6) is 0.731. The van der Waals surface area contributed by atoms with Gasteiger partial charge in [0.2, 0.25) is 0 Å². The summed E-state index contributed by atoms with van der Waals surface area (Å²) in [5, 5.41) is 0. The first-order valence-corrected chi connectivity index (χ1v) is 5.57. The molecule has 1 aliphatic carbocycles. The Kier molecular flexibility index (Phi) is 3.09. The Balaban J connectivity index is 1.98. The highest BCUT2D eigenvalue weighted by molar-refractivity contribution is 5.94. The van der Waals surface area contributed by atoms with Crippen LogP contribution in [-0.2, 0) is 0 Å². The Labute approximate surface area is 89.9 Å². The number of Topliss-reactive ketones (excluding diaryl/α,β-unsaturated/α-hetero) is 1. The molecule has 0 N–H and O–H groups in total. The number of carbonyl (C=O) groups excluding carboxylic acids is 1. The van der Waals surface area contributed by atoms with Crippen LogP contribution in [0.4, 0.5) is 0 Å². The summed E-state index contributed by atoms with van der Waals surface area (Å²) in [6.07, 6.45) is 8.84. The largest absolute Gasteiger partial charge is 0.292 e. The van der Waals surface area contributed by atoms with Crippen molar-refractivity contribution in [1.29, 1.82) is 0 Å². The summed E-state index contributed by atoms with van der Waals surface area (Å²) in [4.78, 5) is 20.0. The van der Waals surface area contributed by atoms with Crippen LogP contribution in [0, 0.1) is 12.8 Å². The van der Waals surface area contributed by atoms with Gasteiger partial charge in [-0.05, 0) is 12.8 Å². The molecule has 0 spiro atoms. The smallest absolute Gasteiger partial charge is 0.183 e. The molecule has 1 aliphatic rings. The van der Waals surface area contributed by atoms with Crippen LogP contribution in [-0.4, -0.2) is 15.8 Å². The molecule has 0 radical (unpaired) electrons. The first kappa shape index (κ1) is 10.3. The lowest BCUT2D eigenvalue weighted by atomic mass is 10.00. The van der Waals surface area contributed by atoms with Crippen LogP contribution in [0.3, 0.4) is 0 Å². The van der Waals surface area contributed by atoms with Crippen molar-refractivity contribution in [3.63, 3.8) is 0 Å². The van der Waals surface area contributed by atoms with Crippen LogP contribution < -0.4 is 0 Å². The summed E-state index contributed by atoms with van der Waals surface area (Å²) < 4.78 is 0. The predicted octanol–water partition coefficient (Wildman–Crippen LogP) is 2.55. The Morgan fingerprint density at radius 3 is 2.67 bits per heavy atom. The van der Waals surface area contributed by atoms with E-state index in [1.165, 1.54) is 25.7 Å². The van der Waals surface area contributed by atoms with Gasteiger partial charge >= 0.3 is 0 Å². The minimum atomic E-state index is 0.148. The second-order valence-electron chi connectivity index (χ2n) is 4.32. The zero-order chi connectivity index (χ0) is 10.7. The Morgan fingerprint density at radius 2 is 2.07 bits per heavy atom. The molecule has 0 saturated heterocycles. The van der Waals surface area contributed by atoms with Gasteiger partial charge in [0.1, 0.15) is 5.69 Å². The Hall–Kier alpha value is -1.25. The molecule has 1 heterocycles. The highest BCUT2D eigenvalue weighted by Crippen LogP contribution is 2.28. The number of aryl methyl sites for hydroxylation is 1. The van der Waals surface area contributed by atoms with Gasteiger partial charge in [-0.3, -0.25) is 9.78 Å². The molecule has 2 rings (SSSR count). The number of nitrogens with zero attached hydrogens (tertiary/aromatic N) is 2. The first-order valence-electron chi connectivity index (χ1n) is 5.57. The van der Waals surface area contributed by atoms with Gasteiger partial charge in [0.25, 0.3) is 0 Å². The summed E-state index contributed by atoms with van der Waals surface area (Å²) in [5.41, 5.74) is 1.37. The third kappa shape index (κ3) is 2.61. The van der Waals surface area contributed by atoms with Crippen molar-refractivity contribution in [2.75, 3.05) is 0 Å². The van der Waals surface area contributed by atoms with E-state index in [-0.39, 0.29) is 5.78 Å². The van der Waals surface area contributed by atoms with E-state index >= 15 is 0 Å². The monoisotopic (exact) mass is 204 g/mol. The second kappa shape index (κ2) is 4.51. The van der Waals surface area contributed by atoms with Gasteiger partial charge in [0.15, 0.2) is 5.78 Å². The molecule has 0 amide bonds. The maximum atomic E-state index is 11.8. The van der Waals surface area contributed by atoms with Crippen LogP contribution in [0.15, 0.2) is 12.4 Å². The van der Waals surface area contributed by atoms with Crippen molar-refractivity contribution in [3.05, 3.63) is 23.8 Å². The molecular weight excluding hydrogens is 188 g/mol. The number of aromatic nitrogens is 2. The van der Waals surface area contributed by atoms with E-state index in [9.17, 15) is 4.79 Å². The van der Waals surface area contributed by atoms with Gasteiger partial charge in [-0.1, -0.05) is 25.7 Å². The molecule has 0 aromatic carbocycles. The molecule has 1 aromatic heterocycles. The molecule has 1 fully saturated rings. The van der Waals surface area contributed by atoms with E-state index < -0.39 is 0 Å². The van der Waals surface area contributed by atoms with Crippen molar-refractivity contribution in [2.45, 2.75) is 39.0 Å². The molecule has 3 nitrogen and oxygen atoms in total. The minimum absolute atomic E-state index is 0.148. The predicted molar refractivity (Wildman–Crippen MR) is 57.7 cm³/mol. The first-order chi connectivity index (χ1) is 7.25. The van der Waals surface area contributed by atoms with Crippen molar-refractivity contribution in [1.82, 2.24) is 9.97 Å². The van der Waals surface area contributed by atoms with Crippen molar-refractivity contribution in [2.24, 2.45) is 5.92 Å². The molecule has 3 heteroatoms.